The molecule has 0 radical (unpaired) electrons. The summed E-state index contributed by atoms with van der Waals surface area (Å²) in [5, 5.41) is 2.90. The largest absolute Gasteiger partial charge is 0.371 e. The Bertz CT molecular complexity index is 949. The molecular weight excluding hydrogens is 406 g/mol. The van der Waals surface area contributed by atoms with E-state index in [1.165, 1.54) is 17.7 Å². The van der Waals surface area contributed by atoms with Gasteiger partial charge in [-0.3, -0.25) is 4.79 Å². The number of hydrogen-bond acceptors (Lipinski definition) is 5. The average molecular weight is 434 g/mol. The van der Waals surface area contributed by atoms with Crippen LogP contribution in [0, 0.1) is 0 Å². The second-order valence-electron chi connectivity index (χ2n) is 6.93. The van der Waals surface area contributed by atoms with E-state index in [1.807, 2.05) is 24.5 Å². The van der Waals surface area contributed by atoms with Gasteiger partial charge in [-0.2, -0.15) is 16.5 Å². The van der Waals surface area contributed by atoms with E-state index in [-0.39, 0.29) is 10.8 Å². The van der Waals surface area contributed by atoms with E-state index in [2.05, 4.69) is 21.9 Å². The molecule has 1 aliphatic rings. The Hall–Kier alpha value is -2.03. The third kappa shape index (κ3) is 5.32. The van der Waals surface area contributed by atoms with Crippen molar-refractivity contribution >= 4 is 39.1 Å². The van der Waals surface area contributed by atoms with Crippen LogP contribution in [0.15, 0.2) is 53.4 Å². The van der Waals surface area contributed by atoms with Crippen molar-refractivity contribution in [3.8, 4) is 0 Å². The van der Waals surface area contributed by atoms with Crippen LogP contribution in [0.4, 0.5) is 11.4 Å². The highest BCUT2D eigenvalue weighted by Crippen LogP contribution is 2.30. The van der Waals surface area contributed by atoms with Gasteiger partial charge < -0.3 is 10.2 Å². The van der Waals surface area contributed by atoms with Crippen molar-refractivity contribution < 1.29 is 13.2 Å². The smallest absolute Gasteiger partial charge is 0.242 e. The summed E-state index contributed by atoms with van der Waals surface area (Å²) in [6, 6.07) is 13.2. The molecule has 1 heterocycles. The number of carbonyl (C=O) groups is 1. The van der Waals surface area contributed by atoms with Gasteiger partial charge in [-0.25, -0.2) is 8.42 Å². The van der Waals surface area contributed by atoms with Crippen molar-refractivity contribution in [2.24, 2.45) is 0 Å². The van der Waals surface area contributed by atoms with Crippen LogP contribution in [0.2, 0.25) is 0 Å². The van der Waals surface area contributed by atoms with Crippen molar-refractivity contribution in [2.75, 3.05) is 35.3 Å². The molecule has 3 rings (SSSR count). The quantitative estimate of drug-likeness (QED) is 0.635. The lowest BCUT2D eigenvalue weighted by Crippen LogP contribution is -2.44. The molecule has 2 aromatic carbocycles. The first-order chi connectivity index (χ1) is 13.9. The molecule has 2 N–H and O–H groups in total. The number of amides is 1. The van der Waals surface area contributed by atoms with E-state index in [0.717, 1.165) is 25.2 Å². The van der Waals surface area contributed by atoms with Gasteiger partial charge in [0.25, 0.3) is 0 Å². The number of hydrogen-bond donors (Lipinski definition) is 2. The minimum Gasteiger partial charge on any atom is -0.371 e. The first kappa shape index (κ1) is 21.7. The zero-order valence-electron chi connectivity index (χ0n) is 16.7. The summed E-state index contributed by atoms with van der Waals surface area (Å²) in [7, 11) is -3.78. The van der Waals surface area contributed by atoms with Crippen molar-refractivity contribution in [2.45, 2.75) is 30.7 Å². The number of rotatable bonds is 9. The first-order valence-corrected chi connectivity index (χ1v) is 12.6. The number of thioether (sulfide) groups is 1. The normalized spacial score (nSPS) is 14.5. The summed E-state index contributed by atoms with van der Waals surface area (Å²) in [4.78, 5) is 15.3. The van der Waals surface area contributed by atoms with Gasteiger partial charge in [0.1, 0.15) is 6.04 Å². The molecule has 1 aliphatic heterocycles. The summed E-state index contributed by atoms with van der Waals surface area (Å²) in [6.07, 6.45) is 3.34. The van der Waals surface area contributed by atoms with Crippen LogP contribution in [0.1, 0.15) is 18.9 Å². The van der Waals surface area contributed by atoms with Crippen molar-refractivity contribution in [1.29, 1.82) is 0 Å². The van der Waals surface area contributed by atoms with Crippen LogP contribution >= 0.6 is 11.8 Å². The maximum Gasteiger partial charge on any atom is 0.242 e. The highest BCUT2D eigenvalue weighted by Gasteiger charge is 2.26. The molecule has 1 unspecified atom stereocenters. The number of likely N-dealkylation sites (N-methyl/N-ethyl adjacent to an activating group) is 1. The van der Waals surface area contributed by atoms with Crippen LogP contribution in [-0.2, 0) is 21.2 Å². The molecule has 1 atom stereocenters. The van der Waals surface area contributed by atoms with Gasteiger partial charge in [0.2, 0.25) is 15.9 Å². The number of fused-ring (bicyclic) bond motifs is 1. The van der Waals surface area contributed by atoms with Crippen LogP contribution in [-0.4, -0.2) is 45.5 Å². The number of nitrogens with zero attached hydrogens (tertiary/aromatic N) is 1. The molecule has 0 fully saturated rings. The van der Waals surface area contributed by atoms with Crippen molar-refractivity contribution in [3.05, 3.63) is 54.1 Å². The minimum absolute atomic E-state index is 0.151. The fourth-order valence-corrected chi connectivity index (χ4v) is 5.14. The topological polar surface area (TPSA) is 78.5 Å². The molecule has 0 aromatic heterocycles. The highest BCUT2D eigenvalue weighted by atomic mass is 32.2. The van der Waals surface area contributed by atoms with E-state index in [9.17, 15) is 13.2 Å². The van der Waals surface area contributed by atoms with Crippen LogP contribution < -0.4 is 14.9 Å². The lowest BCUT2D eigenvalue weighted by Gasteiger charge is -2.20. The van der Waals surface area contributed by atoms with Gasteiger partial charge in [0.05, 0.1) is 4.90 Å². The third-order valence-electron chi connectivity index (χ3n) is 5.00. The Morgan fingerprint density at radius 2 is 1.97 bits per heavy atom. The Morgan fingerprint density at radius 3 is 2.66 bits per heavy atom. The van der Waals surface area contributed by atoms with Gasteiger partial charge in [-0.15, -0.1) is 0 Å². The lowest BCUT2D eigenvalue weighted by atomic mass is 10.1. The fraction of sp³-hybridized carbons (Fsp3) is 0.381. The van der Waals surface area contributed by atoms with Crippen LogP contribution in [0.5, 0.6) is 0 Å². The summed E-state index contributed by atoms with van der Waals surface area (Å²) < 4.78 is 28.0. The van der Waals surface area contributed by atoms with Crippen molar-refractivity contribution in [3.63, 3.8) is 0 Å². The molecule has 29 heavy (non-hydrogen) atoms. The Balaban J connectivity index is 1.76. The number of benzene rings is 2. The summed E-state index contributed by atoms with van der Waals surface area (Å²) in [5.74, 6) is 0.322. The number of nitrogens with one attached hydrogen (secondary N) is 2. The summed E-state index contributed by atoms with van der Waals surface area (Å²) in [5.41, 5.74) is 3.09. The molecule has 156 valence electrons. The van der Waals surface area contributed by atoms with Gasteiger partial charge in [-0.05, 0) is 61.6 Å². The lowest BCUT2D eigenvalue weighted by molar-refractivity contribution is -0.117. The fourth-order valence-electron chi connectivity index (χ4n) is 3.42. The Kier molecular flexibility index (Phi) is 7.21. The molecule has 0 saturated carbocycles. The SMILES string of the molecule is CCN1CCc2ccc(NC(=O)C(CCSC)NS(=O)(=O)c3ccccc3)cc21. The van der Waals surface area contributed by atoms with Crippen molar-refractivity contribution in [1.82, 2.24) is 4.72 Å². The second-order valence-corrected chi connectivity index (χ2v) is 9.63. The molecule has 0 saturated heterocycles. The summed E-state index contributed by atoms with van der Waals surface area (Å²) >= 11 is 1.57. The molecule has 0 spiro atoms. The van der Waals surface area contributed by atoms with E-state index in [1.54, 1.807) is 30.0 Å². The van der Waals surface area contributed by atoms with Crippen LogP contribution in [0.25, 0.3) is 0 Å². The molecule has 0 aliphatic carbocycles. The van der Waals surface area contributed by atoms with Gasteiger partial charge >= 0.3 is 0 Å². The van der Waals surface area contributed by atoms with Gasteiger partial charge in [0.15, 0.2) is 0 Å². The minimum atomic E-state index is -3.78. The molecular formula is C21H27N3O3S2. The highest BCUT2D eigenvalue weighted by molar-refractivity contribution is 7.98. The predicted molar refractivity (Wildman–Crippen MR) is 120 cm³/mol. The second kappa shape index (κ2) is 9.65. The Morgan fingerprint density at radius 1 is 1.21 bits per heavy atom. The monoisotopic (exact) mass is 433 g/mol. The zero-order chi connectivity index (χ0) is 20.9. The standard InChI is InChI=1S/C21H27N3O3S2/c1-3-24-13-11-16-9-10-17(15-20(16)24)22-21(25)19(12-14-28-2)23-29(26,27)18-7-5-4-6-8-18/h4-10,15,19,23H,3,11-14H2,1-2H3,(H,22,25). The van der Waals surface area contributed by atoms with Crippen LogP contribution in [0.3, 0.4) is 0 Å². The van der Waals surface area contributed by atoms with Gasteiger partial charge in [-0.1, -0.05) is 24.3 Å². The Labute approximate surface area is 177 Å². The van der Waals surface area contributed by atoms with E-state index >= 15 is 0 Å². The molecule has 6 nitrogen and oxygen atoms in total. The molecule has 2 aromatic rings. The number of carbonyl (C=O) groups excluding carboxylic acids is 1. The number of sulfonamides is 1. The zero-order valence-corrected chi connectivity index (χ0v) is 18.4. The van der Waals surface area contributed by atoms with E-state index in [4.69, 9.17) is 0 Å². The third-order valence-corrected chi connectivity index (χ3v) is 7.14. The molecule has 1 amide bonds. The van der Waals surface area contributed by atoms with Gasteiger partial charge in [0, 0.05) is 24.5 Å². The summed E-state index contributed by atoms with van der Waals surface area (Å²) in [6.45, 7) is 4.01. The maximum atomic E-state index is 12.9. The predicted octanol–water partition coefficient (Wildman–Crippen LogP) is 3.11. The number of anilines is 2. The maximum absolute atomic E-state index is 12.9. The first-order valence-electron chi connectivity index (χ1n) is 9.69. The van der Waals surface area contributed by atoms with E-state index in [0.29, 0.717) is 17.9 Å². The average Bonchev–Trinajstić information content (AvgIpc) is 3.14. The molecule has 0 bridgehead atoms. The van der Waals surface area contributed by atoms with E-state index < -0.39 is 16.1 Å². The molecule has 8 heteroatoms.